The fraction of sp³-hybridized carbons (Fsp3) is 0.906. The first-order valence-corrected chi connectivity index (χ1v) is 30.1. The molecule has 36 atom stereocenters. The topological polar surface area (TPSA) is 658 Å². The third kappa shape index (κ3) is 17.5. The summed E-state index contributed by atoms with van der Waals surface area (Å²) in [6.07, 6.45) is -65.1. The fourth-order valence-electron chi connectivity index (χ4n) is 12.2. The van der Waals surface area contributed by atoms with E-state index in [1.807, 2.05) is 0 Å². The summed E-state index contributed by atoms with van der Waals surface area (Å²) >= 11 is 0. The van der Waals surface area contributed by atoms with Crippen molar-refractivity contribution in [2.75, 3.05) is 39.6 Å². The van der Waals surface area contributed by atoms with Crippen molar-refractivity contribution in [3.05, 3.63) is 0 Å². The van der Waals surface area contributed by atoms with Gasteiger partial charge in [-0.15, -0.1) is 0 Å². The van der Waals surface area contributed by atoms with Gasteiger partial charge in [0.2, 0.25) is 23.6 Å². The van der Waals surface area contributed by atoms with Crippen LogP contribution in [0.4, 0.5) is 0 Å². The Labute approximate surface area is 538 Å². The highest BCUT2D eigenvalue weighted by molar-refractivity contribution is 5.77. The zero-order valence-electron chi connectivity index (χ0n) is 51.4. The lowest BCUT2D eigenvalue weighted by Gasteiger charge is -2.52. The van der Waals surface area contributed by atoms with Crippen LogP contribution in [-0.2, 0) is 85.6 Å². The molecule has 0 radical (unpaired) electrons. The molecule has 7 rings (SSSR count). The van der Waals surface area contributed by atoms with Gasteiger partial charge in [0, 0.05) is 34.1 Å². The number of hydrogen-bond donors (Lipinski definition) is 24. The van der Waals surface area contributed by atoms with Gasteiger partial charge in [-0.3, -0.25) is 19.2 Å². The fourth-order valence-corrected chi connectivity index (χ4v) is 12.2. The number of carbonyl (C=O) groups is 5. The van der Waals surface area contributed by atoms with Crippen molar-refractivity contribution in [2.24, 2.45) is 0 Å². The highest BCUT2D eigenvalue weighted by Gasteiger charge is 2.63. The van der Waals surface area contributed by atoms with Crippen molar-refractivity contribution in [2.45, 2.75) is 261 Å². The summed E-state index contributed by atoms with van der Waals surface area (Å²) in [5.74, 6) is -9.19. The van der Waals surface area contributed by atoms with Crippen LogP contribution in [0.1, 0.15) is 41.0 Å². The van der Waals surface area contributed by atoms with Gasteiger partial charge in [0.25, 0.3) is 5.79 Å². The number of aliphatic hydroxyl groups excluding tert-OH is 19. The van der Waals surface area contributed by atoms with E-state index >= 15 is 0 Å². The summed E-state index contributed by atoms with van der Waals surface area (Å²) in [7, 11) is 0. The van der Waals surface area contributed by atoms with Gasteiger partial charge in [0.05, 0.1) is 57.9 Å². The molecule has 0 aliphatic carbocycles. The Morgan fingerprint density at radius 2 is 0.895 bits per heavy atom. The van der Waals surface area contributed by atoms with Crippen LogP contribution in [0.2, 0.25) is 0 Å². The number of aliphatic carboxylic acids is 1. The molecule has 0 saturated carbocycles. The van der Waals surface area contributed by atoms with Crippen LogP contribution in [0.3, 0.4) is 0 Å². The Balaban J connectivity index is 1.25. The van der Waals surface area contributed by atoms with Crippen LogP contribution in [0.5, 0.6) is 0 Å². The monoisotopic (exact) mass is 1390 g/mol. The van der Waals surface area contributed by atoms with Crippen molar-refractivity contribution in [1.82, 2.24) is 21.3 Å². The second-order valence-electron chi connectivity index (χ2n) is 24.0. The summed E-state index contributed by atoms with van der Waals surface area (Å²) in [5.41, 5.74) is 0. The number of aliphatic hydroxyl groups is 19. The van der Waals surface area contributed by atoms with E-state index in [0.717, 1.165) is 27.7 Å². The largest absolute Gasteiger partial charge is 0.477 e. The molecule has 0 bridgehead atoms. The minimum atomic E-state index is -3.41. The molecule has 0 aromatic heterocycles. The van der Waals surface area contributed by atoms with E-state index in [2.05, 4.69) is 21.3 Å². The SMILES string of the molecule is CC(=O)N[C@H]1[C@H](O[C@@H]2[C@@H](NC(C)=O)[C@H](OC[C@H]3OC(O)[C@H](NC(C)=O)[C@@H](O[C@@H]4O[C@H](CO)[C@H](O[C@@H]5O[C@H](CO)[C@H](O)[C@@H](O)[C@H]5O)[C@H](O[C@]5(C(=O)O)C[C@H](O)[C@@H](NC(C)=O)[C@H]([C@H](O)[C@H](O)CO)O5)[C@H]4O)[C@H]3O)O[C@H](CO)[C@H]2O[C@@H]2O[C@@H](C)[C@@H](O)[C@@H](O)[C@@H]2O)O[C@H](CO)[C@@H](O)[C@@H]1O. The Kier molecular flexibility index (Phi) is 27.6. The minimum absolute atomic E-state index is 0.825. The number of carboxylic acids is 1. The minimum Gasteiger partial charge on any atom is -0.477 e. The molecule has 7 heterocycles. The van der Waals surface area contributed by atoms with Crippen LogP contribution < -0.4 is 21.3 Å². The number of carboxylic acid groups (broad SMARTS) is 1. The van der Waals surface area contributed by atoms with Crippen molar-refractivity contribution < 1.29 is 188 Å². The van der Waals surface area contributed by atoms with Crippen LogP contribution in [-0.4, -0.2) is 392 Å². The summed E-state index contributed by atoms with van der Waals surface area (Å²) in [6.45, 7) is -1.51. The van der Waals surface area contributed by atoms with Gasteiger partial charge in [-0.1, -0.05) is 0 Å². The summed E-state index contributed by atoms with van der Waals surface area (Å²) < 4.78 is 77.2. The van der Waals surface area contributed by atoms with E-state index in [-0.39, 0.29) is 0 Å². The Bertz CT molecular complexity index is 2520. The van der Waals surface area contributed by atoms with Crippen molar-refractivity contribution >= 4 is 29.6 Å². The smallest absolute Gasteiger partial charge is 0.364 e. The van der Waals surface area contributed by atoms with E-state index in [4.69, 9.17) is 61.6 Å². The van der Waals surface area contributed by atoms with Gasteiger partial charge in [-0.25, -0.2) is 4.79 Å². The third-order valence-corrected chi connectivity index (χ3v) is 17.1. The van der Waals surface area contributed by atoms with Gasteiger partial charge in [0.15, 0.2) is 37.7 Å². The molecule has 0 aromatic carbocycles. The second kappa shape index (κ2) is 33.5. The van der Waals surface area contributed by atoms with E-state index in [1.165, 1.54) is 6.92 Å². The lowest BCUT2D eigenvalue weighted by Crippen LogP contribution is -2.72. The lowest BCUT2D eigenvalue weighted by molar-refractivity contribution is -0.401. The molecule has 42 heteroatoms. The Hall–Kier alpha value is -3.93. The molecule has 7 saturated heterocycles. The Morgan fingerprint density at radius 1 is 0.453 bits per heavy atom. The van der Waals surface area contributed by atoms with Crippen LogP contribution in [0.15, 0.2) is 0 Å². The van der Waals surface area contributed by atoms with E-state index in [1.54, 1.807) is 0 Å². The van der Waals surface area contributed by atoms with Crippen molar-refractivity contribution in [1.29, 1.82) is 0 Å². The maximum atomic E-state index is 13.6. The molecule has 24 N–H and O–H groups in total. The Morgan fingerprint density at radius 3 is 1.43 bits per heavy atom. The number of amides is 4. The zero-order valence-corrected chi connectivity index (χ0v) is 51.4. The van der Waals surface area contributed by atoms with Gasteiger partial charge >= 0.3 is 5.97 Å². The highest BCUT2D eigenvalue weighted by Crippen LogP contribution is 2.41. The number of rotatable bonds is 25. The van der Waals surface area contributed by atoms with E-state index < -0.39 is 296 Å². The molecule has 548 valence electrons. The average molecular weight is 1390 g/mol. The first-order valence-electron chi connectivity index (χ1n) is 30.1. The molecule has 7 fully saturated rings. The summed E-state index contributed by atoms with van der Waals surface area (Å²) in [4.78, 5) is 64.5. The molecule has 4 amide bonds. The molecule has 0 aromatic rings. The lowest BCUT2D eigenvalue weighted by atomic mass is 9.88. The summed E-state index contributed by atoms with van der Waals surface area (Å²) in [6, 6.07) is -7.29. The first-order chi connectivity index (χ1) is 44.7. The van der Waals surface area contributed by atoms with Crippen LogP contribution >= 0.6 is 0 Å². The molecule has 42 nitrogen and oxygen atoms in total. The molecular weight excluding hydrogens is 1300 g/mol. The van der Waals surface area contributed by atoms with Crippen LogP contribution in [0.25, 0.3) is 0 Å². The number of hydrogen-bond acceptors (Lipinski definition) is 37. The average Bonchev–Trinajstić information content (AvgIpc) is 0.755. The molecule has 1 unspecified atom stereocenters. The molecule has 7 aliphatic rings. The molecular formula is C53H88N4O38. The molecule has 95 heavy (non-hydrogen) atoms. The highest BCUT2D eigenvalue weighted by atomic mass is 16.8. The zero-order chi connectivity index (χ0) is 70.6. The number of carbonyl (C=O) groups excluding carboxylic acids is 4. The van der Waals surface area contributed by atoms with E-state index in [9.17, 15) is 126 Å². The second-order valence-corrected chi connectivity index (χ2v) is 24.0. The van der Waals surface area contributed by atoms with Crippen molar-refractivity contribution in [3.8, 4) is 0 Å². The van der Waals surface area contributed by atoms with Gasteiger partial charge in [0.1, 0.15) is 159 Å². The van der Waals surface area contributed by atoms with Crippen molar-refractivity contribution in [3.63, 3.8) is 0 Å². The van der Waals surface area contributed by atoms with Crippen LogP contribution in [0, 0.1) is 0 Å². The van der Waals surface area contributed by atoms with Gasteiger partial charge in [-0.2, -0.15) is 0 Å². The standard InChI is InChI=1S/C53H88N4O38/c1-13-29(69)35(75)37(77)49(84-13)90-40-22(10-61)88-47(28(57-17(5)66)44(40)93-48-26(55-15(3)64)34(74)31(71)20(8-59)86-48)83-12-24-33(73)42(27(46(80)85-24)56-16(4)65)92-51-39(79)45(41(23(11-62)89-51)91-50-38(78)36(76)32(72)21(9-60)87-50)95-53(52(81)82)6-18(67)25(54-14(2)63)43(94-53)30(70)19(68)7-58/h13,18-51,58-62,67-80H,6-12H2,1-5H3,(H,54,63)(H,55,64)(H,56,65)(H,57,66)(H,81,82)/t13-,18-,19+,20+,21+,22+,23+,24+,25+,26+,27+,28+,29+,30+,31+,32-,33-,34+,35+,36+,37-,38+,39+,40+,41-,42+,43+,44+,45+,46?,47+,48-,49-,50-,51-,53-/m0/s1. The van der Waals surface area contributed by atoms with Gasteiger partial charge < -0.3 is 185 Å². The normalized spacial score (nSPS) is 46.4. The predicted octanol–water partition coefficient (Wildman–Crippen LogP) is -15.5. The maximum Gasteiger partial charge on any atom is 0.364 e. The first kappa shape index (κ1) is 78.4. The predicted molar refractivity (Wildman–Crippen MR) is 294 cm³/mol. The summed E-state index contributed by atoms with van der Waals surface area (Å²) in [5, 5.41) is 229. The number of nitrogens with one attached hydrogen (secondary N) is 4. The van der Waals surface area contributed by atoms with Gasteiger partial charge in [-0.05, 0) is 6.92 Å². The van der Waals surface area contributed by atoms with E-state index in [0.29, 0.717) is 0 Å². The number of ether oxygens (including phenoxy) is 13. The quantitative estimate of drug-likeness (QED) is 0.0404. The third-order valence-electron chi connectivity index (χ3n) is 17.1. The molecule has 0 spiro atoms. The maximum absolute atomic E-state index is 13.6. The molecule has 7 aliphatic heterocycles.